The summed E-state index contributed by atoms with van der Waals surface area (Å²) in [7, 11) is 1.82. The molecule has 28 heavy (non-hydrogen) atoms. The molecule has 0 aromatic heterocycles. The minimum atomic E-state index is 0. The average molecular weight is 513 g/mol. The van der Waals surface area contributed by atoms with Crippen LogP contribution in [0.1, 0.15) is 17.5 Å². The van der Waals surface area contributed by atoms with Gasteiger partial charge in [-0.2, -0.15) is 0 Å². The van der Waals surface area contributed by atoms with E-state index in [0.717, 1.165) is 43.6 Å². The predicted octanol–water partition coefficient (Wildman–Crippen LogP) is 4.19. The third-order valence-electron chi connectivity index (χ3n) is 5.08. The summed E-state index contributed by atoms with van der Waals surface area (Å²) < 4.78 is 0. The zero-order chi connectivity index (χ0) is 18.9. The van der Waals surface area contributed by atoms with Crippen LogP contribution in [0.2, 0.25) is 5.02 Å². The number of benzene rings is 2. The molecule has 2 N–H and O–H groups in total. The number of likely N-dealkylation sites (tertiary alicyclic amines) is 1. The number of halogens is 2. The number of hydrogen-bond acceptors (Lipinski definition) is 2. The number of rotatable bonds is 7. The van der Waals surface area contributed by atoms with Crippen LogP contribution >= 0.6 is 35.6 Å². The molecule has 0 saturated carbocycles. The Bertz CT molecular complexity index is 721. The lowest BCUT2D eigenvalue weighted by Crippen LogP contribution is -2.40. The maximum absolute atomic E-state index is 5.93. The second-order valence-electron chi connectivity index (χ2n) is 7.12. The topological polar surface area (TPSA) is 39.7 Å². The van der Waals surface area contributed by atoms with E-state index in [2.05, 4.69) is 50.9 Å². The van der Waals surface area contributed by atoms with E-state index in [1.807, 2.05) is 31.3 Å². The Hall–Kier alpha value is -1.31. The Labute approximate surface area is 190 Å². The van der Waals surface area contributed by atoms with Crippen molar-refractivity contribution in [2.45, 2.75) is 19.4 Å². The number of nitrogens with one attached hydrogen (secondary N) is 2. The van der Waals surface area contributed by atoms with E-state index in [1.54, 1.807) is 0 Å². The molecular formula is C22H30ClIN4. The normalized spacial score (nSPS) is 17.2. The van der Waals surface area contributed by atoms with Gasteiger partial charge in [0.05, 0.1) is 0 Å². The summed E-state index contributed by atoms with van der Waals surface area (Å²) in [5.74, 6) is 1.53. The second kappa shape index (κ2) is 12.3. The largest absolute Gasteiger partial charge is 0.356 e. The van der Waals surface area contributed by atoms with Crippen LogP contribution < -0.4 is 10.6 Å². The summed E-state index contributed by atoms with van der Waals surface area (Å²) in [5.41, 5.74) is 2.61. The highest BCUT2D eigenvalue weighted by Crippen LogP contribution is 2.16. The van der Waals surface area contributed by atoms with E-state index in [-0.39, 0.29) is 24.0 Å². The predicted molar refractivity (Wildman–Crippen MR) is 130 cm³/mol. The van der Waals surface area contributed by atoms with Crippen molar-refractivity contribution in [3.63, 3.8) is 0 Å². The fourth-order valence-electron chi connectivity index (χ4n) is 3.46. The van der Waals surface area contributed by atoms with Crippen LogP contribution in [0.5, 0.6) is 0 Å². The van der Waals surface area contributed by atoms with E-state index >= 15 is 0 Å². The first-order valence-electron chi connectivity index (χ1n) is 9.68. The molecule has 6 heteroatoms. The van der Waals surface area contributed by atoms with Crippen molar-refractivity contribution >= 4 is 41.5 Å². The van der Waals surface area contributed by atoms with Crippen molar-refractivity contribution in [2.75, 3.05) is 33.2 Å². The highest BCUT2D eigenvalue weighted by molar-refractivity contribution is 14.0. The van der Waals surface area contributed by atoms with Crippen LogP contribution in [-0.2, 0) is 13.0 Å². The quantitative estimate of drug-likeness (QED) is 0.332. The molecule has 1 atom stereocenters. The lowest BCUT2D eigenvalue weighted by Gasteiger charge is -2.17. The zero-order valence-corrected chi connectivity index (χ0v) is 19.5. The summed E-state index contributed by atoms with van der Waals surface area (Å²) in [5, 5.41) is 7.61. The van der Waals surface area contributed by atoms with Gasteiger partial charge in [0.1, 0.15) is 0 Å². The molecule has 0 bridgehead atoms. The standard InChI is InChI=1S/C22H29ClN4.HI/c1-24-22(25-15-19-7-9-21(23)10-8-19)26-16-20-12-14-27(17-20)13-11-18-5-3-2-4-6-18;/h2-10,20H,11-17H2,1H3,(H2,24,25,26);1H. The van der Waals surface area contributed by atoms with Gasteiger partial charge in [-0.25, -0.2) is 0 Å². The molecule has 0 amide bonds. The molecule has 1 fully saturated rings. The lowest BCUT2D eigenvalue weighted by molar-refractivity contribution is 0.328. The van der Waals surface area contributed by atoms with Gasteiger partial charge in [0, 0.05) is 38.2 Å². The minimum Gasteiger partial charge on any atom is -0.356 e. The van der Waals surface area contributed by atoms with Crippen LogP contribution in [-0.4, -0.2) is 44.1 Å². The third kappa shape index (κ3) is 7.60. The van der Waals surface area contributed by atoms with Crippen LogP contribution in [0, 0.1) is 5.92 Å². The van der Waals surface area contributed by atoms with E-state index < -0.39 is 0 Å². The molecule has 2 aromatic carbocycles. The van der Waals surface area contributed by atoms with Crippen LogP contribution in [0.25, 0.3) is 0 Å². The SMILES string of the molecule is CN=C(NCc1ccc(Cl)cc1)NCC1CCN(CCc2ccccc2)C1.I. The second-order valence-corrected chi connectivity index (χ2v) is 7.56. The molecule has 2 aromatic rings. The molecule has 0 aliphatic carbocycles. The molecule has 1 unspecified atom stereocenters. The third-order valence-corrected chi connectivity index (χ3v) is 5.34. The molecule has 0 radical (unpaired) electrons. The Morgan fingerprint density at radius 1 is 1.07 bits per heavy atom. The summed E-state index contributed by atoms with van der Waals surface area (Å²) in [6.07, 6.45) is 2.38. The van der Waals surface area contributed by atoms with Crippen LogP contribution in [0.3, 0.4) is 0 Å². The van der Waals surface area contributed by atoms with Gasteiger partial charge in [-0.05, 0) is 48.6 Å². The highest BCUT2D eigenvalue weighted by Gasteiger charge is 2.22. The molecule has 1 saturated heterocycles. The van der Waals surface area contributed by atoms with Gasteiger partial charge in [0.15, 0.2) is 5.96 Å². The first kappa shape index (κ1) is 23.0. The summed E-state index contributed by atoms with van der Waals surface area (Å²) >= 11 is 5.93. The van der Waals surface area contributed by atoms with Gasteiger partial charge in [0.25, 0.3) is 0 Å². The molecule has 152 valence electrons. The first-order valence-corrected chi connectivity index (χ1v) is 10.1. The Morgan fingerprint density at radius 2 is 1.82 bits per heavy atom. The van der Waals surface area contributed by atoms with Crippen molar-refractivity contribution in [1.82, 2.24) is 15.5 Å². The number of nitrogens with zero attached hydrogens (tertiary/aromatic N) is 2. The monoisotopic (exact) mass is 512 g/mol. The van der Waals surface area contributed by atoms with E-state index in [4.69, 9.17) is 11.6 Å². The van der Waals surface area contributed by atoms with Gasteiger partial charge >= 0.3 is 0 Å². The summed E-state index contributed by atoms with van der Waals surface area (Å²) in [4.78, 5) is 6.90. The fourth-order valence-corrected chi connectivity index (χ4v) is 3.59. The lowest BCUT2D eigenvalue weighted by atomic mass is 10.1. The molecule has 3 rings (SSSR count). The first-order chi connectivity index (χ1) is 13.2. The molecule has 0 spiro atoms. The van der Waals surface area contributed by atoms with Crippen LogP contribution in [0.15, 0.2) is 59.6 Å². The van der Waals surface area contributed by atoms with Crippen molar-refractivity contribution in [1.29, 1.82) is 0 Å². The number of aliphatic imine (C=N–C) groups is 1. The smallest absolute Gasteiger partial charge is 0.191 e. The summed E-state index contributed by atoms with van der Waals surface area (Å²) in [6, 6.07) is 18.6. The number of guanidine groups is 1. The van der Waals surface area contributed by atoms with Gasteiger partial charge < -0.3 is 15.5 Å². The molecule has 1 aliphatic rings. The highest BCUT2D eigenvalue weighted by atomic mass is 127. The van der Waals surface area contributed by atoms with E-state index in [0.29, 0.717) is 5.92 Å². The zero-order valence-electron chi connectivity index (χ0n) is 16.4. The van der Waals surface area contributed by atoms with Crippen molar-refractivity contribution < 1.29 is 0 Å². The average Bonchev–Trinajstić information content (AvgIpc) is 3.16. The Balaban J connectivity index is 0.00000280. The van der Waals surface area contributed by atoms with E-state index in [1.165, 1.54) is 24.1 Å². The van der Waals surface area contributed by atoms with Gasteiger partial charge in [-0.15, -0.1) is 24.0 Å². The molecule has 1 heterocycles. The van der Waals surface area contributed by atoms with E-state index in [9.17, 15) is 0 Å². The van der Waals surface area contributed by atoms with Crippen molar-refractivity contribution in [2.24, 2.45) is 10.9 Å². The fraction of sp³-hybridized carbons (Fsp3) is 0.409. The summed E-state index contributed by atoms with van der Waals surface area (Å²) in [6.45, 7) is 5.20. The molecule has 1 aliphatic heterocycles. The van der Waals surface area contributed by atoms with Crippen molar-refractivity contribution in [3.8, 4) is 0 Å². The maximum atomic E-state index is 5.93. The maximum Gasteiger partial charge on any atom is 0.191 e. The van der Waals surface area contributed by atoms with Crippen molar-refractivity contribution in [3.05, 3.63) is 70.7 Å². The molecule has 4 nitrogen and oxygen atoms in total. The molecular weight excluding hydrogens is 483 g/mol. The van der Waals surface area contributed by atoms with Gasteiger partial charge in [-0.1, -0.05) is 54.1 Å². The number of hydrogen-bond donors (Lipinski definition) is 2. The van der Waals surface area contributed by atoms with Crippen LogP contribution in [0.4, 0.5) is 0 Å². The van der Waals surface area contributed by atoms with Gasteiger partial charge in [0.2, 0.25) is 0 Å². The van der Waals surface area contributed by atoms with Gasteiger partial charge in [-0.3, -0.25) is 4.99 Å². The Kier molecular flexibility index (Phi) is 10.1. The minimum absolute atomic E-state index is 0. The Morgan fingerprint density at radius 3 is 2.54 bits per heavy atom.